The first kappa shape index (κ1) is 14.6. The van der Waals surface area contributed by atoms with Crippen LogP contribution in [0.2, 0.25) is 0 Å². The van der Waals surface area contributed by atoms with Crippen molar-refractivity contribution in [3.05, 3.63) is 23.5 Å². The van der Waals surface area contributed by atoms with Gasteiger partial charge in [-0.1, -0.05) is 48.7 Å². The maximum atomic E-state index is 11.7. The van der Waals surface area contributed by atoms with Crippen LogP contribution in [0.5, 0.6) is 0 Å². The lowest BCUT2D eigenvalue weighted by Gasteiger charge is -2.06. The number of rotatable bonds is 4. The summed E-state index contributed by atoms with van der Waals surface area (Å²) in [6.45, 7) is 3.88. The standard InChI is InChI=1S/C11H12Cl3NO2/c1-6(2)3-9(16)7-4-8(15-5-7)10(17)11(12,13)14/h4-6,15H,3H2,1-2H3. The largest absolute Gasteiger partial charge is 0.358 e. The lowest BCUT2D eigenvalue weighted by atomic mass is 10.0. The van der Waals surface area contributed by atoms with Gasteiger partial charge in [-0.3, -0.25) is 9.59 Å². The molecule has 3 nitrogen and oxygen atoms in total. The fourth-order valence-corrected chi connectivity index (χ4v) is 1.63. The second-order valence-electron chi connectivity index (χ2n) is 4.15. The summed E-state index contributed by atoms with van der Waals surface area (Å²) in [5.41, 5.74) is 0.549. The van der Waals surface area contributed by atoms with E-state index in [0.717, 1.165) is 0 Å². The van der Waals surface area contributed by atoms with Crippen LogP contribution in [0, 0.1) is 5.92 Å². The molecule has 1 N–H and O–H groups in total. The predicted octanol–water partition coefficient (Wildman–Crippen LogP) is 3.80. The molecule has 94 valence electrons. The summed E-state index contributed by atoms with van der Waals surface area (Å²) in [6.07, 6.45) is 1.87. The van der Waals surface area contributed by atoms with Crippen LogP contribution in [-0.4, -0.2) is 20.3 Å². The minimum Gasteiger partial charge on any atom is -0.358 e. The first-order chi connectivity index (χ1) is 7.71. The molecule has 0 fully saturated rings. The zero-order valence-corrected chi connectivity index (χ0v) is 11.7. The molecule has 1 heterocycles. The summed E-state index contributed by atoms with van der Waals surface area (Å²) in [4.78, 5) is 25.9. The van der Waals surface area contributed by atoms with E-state index < -0.39 is 9.58 Å². The number of carbonyl (C=O) groups is 2. The second kappa shape index (κ2) is 5.42. The van der Waals surface area contributed by atoms with Crippen LogP contribution in [0.25, 0.3) is 0 Å². The van der Waals surface area contributed by atoms with E-state index in [1.807, 2.05) is 13.8 Å². The van der Waals surface area contributed by atoms with Gasteiger partial charge in [0, 0.05) is 18.2 Å². The monoisotopic (exact) mass is 295 g/mol. The van der Waals surface area contributed by atoms with Crippen molar-refractivity contribution in [1.82, 2.24) is 4.98 Å². The Kier molecular flexibility index (Phi) is 4.64. The molecule has 0 aliphatic carbocycles. The summed E-state index contributed by atoms with van der Waals surface area (Å²) in [5.74, 6) is -0.463. The molecule has 0 spiro atoms. The average molecular weight is 297 g/mol. The highest BCUT2D eigenvalue weighted by Gasteiger charge is 2.32. The molecule has 0 saturated heterocycles. The average Bonchev–Trinajstić information content (AvgIpc) is 2.62. The highest BCUT2D eigenvalue weighted by molar-refractivity contribution is 6.77. The molecule has 1 aromatic heterocycles. The number of hydrogen-bond donors (Lipinski definition) is 1. The summed E-state index contributed by atoms with van der Waals surface area (Å²) >= 11 is 16.4. The molecule has 0 saturated carbocycles. The van der Waals surface area contributed by atoms with E-state index in [1.54, 1.807) is 0 Å². The smallest absolute Gasteiger partial charge is 0.254 e. The van der Waals surface area contributed by atoms with Crippen LogP contribution in [0.15, 0.2) is 12.3 Å². The Morgan fingerprint density at radius 1 is 1.35 bits per heavy atom. The van der Waals surface area contributed by atoms with Gasteiger partial charge in [0.2, 0.25) is 5.78 Å². The summed E-state index contributed by atoms with van der Waals surface area (Å²) in [5, 5.41) is 0. The van der Waals surface area contributed by atoms with E-state index in [2.05, 4.69) is 4.98 Å². The topological polar surface area (TPSA) is 49.9 Å². The number of Topliss-reactive ketones (excluding diaryl/α,β-unsaturated/α-hetero) is 2. The molecule has 0 aliphatic rings. The Balaban J connectivity index is 2.86. The summed E-state index contributed by atoms with van der Waals surface area (Å²) in [7, 11) is 0. The molecule has 0 radical (unpaired) electrons. The molecular weight excluding hydrogens is 284 g/mol. The zero-order chi connectivity index (χ0) is 13.2. The number of ketones is 2. The second-order valence-corrected chi connectivity index (χ2v) is 6.43. The van der Waals surface area contributed by atoms with Crippen LogP contribution in [-0.2, 0) is 0 Å². The van der Waals surface area contributed by atoms with Gasteiger partial charge in [0.05, 0.1) is 5.69 Å². The van der Waals surface area contributed by atoms with Gasteiger partial charge in [0.25, 0.3) is 3.79 Å². The van der Waals surface area contributed by atoms with Gasteiger partial charge >= 0.3 is 0 Å². The predicted molar refractivity (Wildman–Crippen MR) is 69.2 cm³/mol. The van der Waals surface area contributed by atoms with Gasteiger partial charge < -0.3 is 4.98 Å². The molecule has 0 bridgehead atoms. The van der Waals surface area contributed by atoms with Crippen LogP contribution in [0.4, 0.5) is 0 Å². The Labute approximate surface area is 114 Å². The van der Waals surface area contributed by atoms with E-state index in [-0.39, 0.29) is 17.4 Å². The normalized spacial score (nSPS) is 11.9. The van der Waals surface area contributed by atoms with Crippen molar-refractivity contribution in [3.63, 3.8) is 0 Å². The number of aromatic amines is 1. The molecular formula is C11H12Cl3NO2. The summed E-state index contributed by atoms with van der Waals surface area (Å²) in [6, 6.07) is 1.41. The fraction of sp³-hybridized carbons (Fsp3) is 0.455. The van der Waals surface area contributed by atoms with Crippen LogP contribution in [0.1, 0.15) is 41.1 Å². The Morgan fingerprint density at radius 3 is 2.41 bits per heavy atom. The van der Waals surface area contributed by atoms with Gasteiger partial charge in [-0.15, -0.1) is 0 Å². The van der Waals surface area contributed by atoms with Gasteiger partial charge in [-0.05, 0) is 12.0 Å². The number of hydrogen-bond acceptors (Lipinski definition) is 2. The number of aromatic nitrogens is 1. The third-order valence-corrected chi connectivity index (χ3v) is 2.62. The Hall–Kier alpha value is -0.510. The van der Waals surface area contributed by atoms with Gasteiger partial charge in [-0.25, -0.2) is 0 Å². The fourth-order valence-electron chi connectivity index (χ4n) is 1.33. The molecule has 6 heteroatoms. The molecule has 1 rings (SSSR count). The lowest BCUT2D eigenvalue weighted by molar-refractivity contribution is 0.0967. The highest BCUT2D eigenvalue weighted by Crippen LogP contribution is 2.30. The number of H-pyrrole nitrogens is 1. The lowest BCUT2D eigenvalue weighted by Crippen LogP contribution is -2.19. The van der Waals surface area contributed by atoms with E-state index >= 15 is 0 Å². The number of carbonyl (C=O) groups excluding carboxylic acids is 2. The first-order valence-electron chi connectivity index (χ1n) is 5.05. The van der Waals surface area contributed by atoms with Crippen molar-refractivity contribution < 1.29 is 9.59 Å². The van der Waals surface area contributed by atoms with Crippen molar-refractivity contribution in [2.45, 2.75) is 24.1 Å². The summed E-state index contributed by atoms with van der Waals surface area (Å²) < 4.78 is -2.01. The van der Waals surface area contributed by atoms with Crippen LogP contribution >= 0.6 is 34.8 Å². The van der Waals surface area contributed by atoms with Gasteiger partial charge in [0.15, 0.2) is 5.78 Å². The van der Waals surface area contributed by atoms with E-state index in [1.165, 1.54) is 12.3 Å². The Morgan fingerprint density at radius 2 is 1.94 bits per heavy atom. The van der Waals surface area contributed by atoms with Gasteiger partial charge in [-0.2, -0.15) is 0 Å². The van der Waals surface area contributed by atoms with Crippen LogP contribution in [0.3, 0.4) is 0 Å². The van der Waals surface area contributed by atoms with Crippen molar-refractivity contribution in [3.8, 4) is 0 Å². The SMILES string of the molecule is CC(C)CC(=O)c1c[nH]c(C(=O)C(Cl)(Cl)Cl)c1. The highest BCUT2D eigenvalue weighted by atomic mass is 35.6. The third kappa shape index (κ3) is 4.02. The zero-order valence-electron chi connectivity index (χ0n) is 9.39. The molecule has 17 heavy (non-hydrogen) atoms. The minimum absolute atomic E-state index is 0.0420. The maximum Gasteiger partial charge on any atom is 0.254 e. The number of nitrogens with one attached hydrogen (secondary N) is 1. The van der Waals surface area contributed by atoms with E-state index in [4.69, 9.17) is 34.8 Å². The van der Waals surface area contributed by atoms with Gasteiger partial charge in [0.1, 0.15) is 0 Å². The minimum atomic E-state index is -2.01. The molecule has 0 unspecified atom stereocenters. The Bertz CT molecular complexity index is 432. The molecule has 0 amide bonds. The van der Waals surface area contributed by atoms with E-state index in [9.17, 15) is 9.59 Å². The van der Waals surface area contributed by atoms with Crippen LogP contribution < -0.4 is 0 Å². The maximum absolute atomic E-state index is 11.7. The molecule has 0 aliphatic heterocycles. The quantitative estimate of drug-likeness (QED) is 0.678. The molecule has 1 aromatic rings. The first-order valence-corrected chi connectivity index (χ1v) is 6.18. The number of alkyl halides is 3. The van der Waals surface area contributed by atoms with Crippen molar-refractivity contribution >= 4 is 46.4 Å². The third-order valence-electron chi connectivity index (χ3n) is 2.10. The molecule has 0 atom stereocenters. The van der Waals surface area contributed by atoms with Crippen molar-refractivity contribution in [1.29, 1.82) is 0 Å². The molecule has 0 aromatic carbocycles. The van der Waals surface area contributed by atoms with Crippen molar-refractivity contribution in [2.75, 3.05) is 0 Å². The van der Waals surface area contributed by atoms with Crippen molar-refractivity contribution in [2.24, 2.45) is 5.92 Å². The van der Waals surface area contributed by atoms with E-state index in [0.29, 0.717) is 12.0 Å². The number of halogens is 3.